The SMILES string of the molecule is CC1CCCC(C)C1=C(c1ccc(C#N)cc1)n1ccnc1. The Labute approximate surface area is 131 Å². The molecule has 0 N–H and O–H groups in total. The summed E-state index contributed by atoms with van der Waals surface area (Å²) in [5.74, 6) is 1.16. The quantitative estimate of drug-likeness (QED) is 0.819. The molecule has 22 heavy (non-hydrogen) atoms. The highest BCUT2D eigenvalue weighted by atomic mass is 15.0. The van der Waals surface area contributed by atoms with Gasteiger partial charge in [0.2, 0.25) is 0 Å². The Balaban J connectivity index is 2.17. The van der Waals surface area contributed by atoms with Crippen molar-refractivity contribution in [3.05, 3.63) is 59.7 Å². The molecule has 1 aromatic heterocycles. The van der Waals surface area contributed by atoms with Crippen LogP contribution in [0.25, 0.3) is 5.70 Å². The minimum atomic E-state index is 0.580. The summed E-state index contributed by atoms with van der Waals surface area (Å²) in [4.78, 5) is 4.22. The van der Waals surface area contributed by atoms with Gasteiger partial charge in [-0.3, -0.25) is 0 Å². The topological polar surface area (TPSA) is 41.6 Å². The summed E-state index contributed by atoms with van der Waals surface area (Å²) in [5, 5.41) is 9.01. The van der Waals surface area contributed by atoms with Gasteiger partial charge in [-0.2, -0.15) is 5.26 Å². The van der Waals surface area contributed by atoms with Crippen LogP contribution in [0.4, 0.5) is 0 Å². The van der Waals surface area contributed by atoms with Crippen LogP contribution in [-0.2, 0) is 0 Å². The first-order valence-corrected chi connectivity index (χ1v) is 7.93. The molecule has 1 aromatic carbocycles. The van der Waals surface area contributed by atoms with E-state index in [0.29, 0.717) is 17.4 Å². The van der Waals surface area contributed by atoms with E-state index in [1.807, 2.05) is 30.9 Å². The van der Waals surface area contributed by atoms with Crippen LogP contribution >= 0.6 is 0 Å². The van der Waals surface area contributed by atoms with Gasteiger partial charge in [-0.25, -0.2) is 4.98 Å². The van der Waals surface area contributed by atoms with E-state index in [4.69, 9.17) is 5.26 Å². The highest BCUT2D eigenvalue weighted by molar-refractivity contribution is 5.70. The van der Waals surface area contributed by atoms with E-state index in [-0.39, 0.29) is 0 Å². The molecule has 1 saturated carbocycles. The van der Waals surface area contributed by atoms with Crippen molar-refractivity contribution in [1.82, 2.24) is 9.55 Å². The van der Waals surface area contributed by atoms with Gasteiger partial charge in [-0.05, 0) is 47.9 Å². The van der Waals surface area contributed by atoms with Crippen LogP contribution < -0.4 is 0 Å². The van der Waals surface area contributed by atoms with Gasteiger partial charge in [0.05, 0.1) is 23.7 Å². The average molecular weight is 291 g/mol. The van der Waals surface area contributed by atoms with Crippen LogP contribution in [0.15, 0.2) is 48.6 Å². The van der Waals surface area contributed by atoms with Gasteiger partial charge in [-0.1, -0.05) is 32.4 Å². The summed E-state index contributed by atoms with van der Waals surface area (Å²) in [6.07, 6.45) is 9.49. The fraction of sp³-hybridized carbons (Fsp3) is 0.368. The number of hydrogen-bond acceptors (Lipinski definition) is 2. The first-order chi connectivity index (χ1) is 10.7. The molecule has 1 fully saturated rings. The monoisotopic (exact) mass is 291 g/mol. The molecule has 0 bridgehead atoms. The van der Waals surface area contributed by atoms with Crippen LogP contribution in [0.2, 0.25) is 0 Å². The number of nitriles is 1. The second kappa shape index (κ2) is 6.19. The van der Waals surface area contributed by atoms with Gasteiger partial charge in [-0.15, -0.1) is 0 Å². The largest absolute Gasteiger partial charge is 0.306 e. The molecule has 3 nitrogen and oxygen atoms in total. The zero-order valence-corrected chi connectivity index (χ0v) is 13.2. The normalized spacial score (nSPS) is 21.4. The van der Waals surface area contributed by atoms with Crippen LogP contribution in [0, 0.1) is 23.2 Å². The minimum absolute atomic E-state index is 0.580. The van der Waals surface area contributed by atoms with Crippen LogP contribution in [0.1, 0.15) is 44.2 Å². The van der Waals surface area contributed by atoms with E-state index in [1.54, 1.807) is 0 Å². The zero-order chi connectivity index (χ0) is 15.5. The van der Waals surface area contributed by atoms with E-state index in [1.165, 1.54) is 30.5 Å². The molecule has 2 aromatic rings. The van der Waals surface area contributed by atoms with Gasteiger partial charge in [0.1, 0.15) is 0 Å². The molecule has 1 aliphatic rings. The Morgan fingerprint density at radius 3 is 2.41 bits per heavy atom. The summed E-state index contributed by atoms with van der Waals surface area (Å²) in [7, 11) is 0. The highest BCUT2D eigenvalue weighted by Crippen LogP contribution is 2.39. The molecule has 1 aliphatic carbocycles. The van der Waals surface area contributed by atoms with Crippen molar-refractivity contribution in [2.24, 2.45) is 11.8 Å². The van der Waals surface area contributed by atoms with E-state index in [9.17, 15) is 0 Å². The fourth-order valence-corrected chi connectivity index (χ4v) is 3.55. The Morgan fingerprint density at radius 2 is 1.86 bits per heavy atom. The molecule has 0 saturated heterocycles. The second-order valence-corrected chi connectivity index (χ2v) is 6.20. The second-order valence-electron chi connectivity index (χ2n) is 6.20. The third kappa shape index (κ3) is 2.69. The molecular formula is C19H21N3. The molecule has 0 amide bonds. The van der Waals surface area contributed by atoms with Crippen LogP contribution in [-0.4, -0.2) is 9.55 Å². The minimum Gasteiger partial charge on any atom is -0.306 e. The lowest BCUT2D eigenvalue weighted by Crippen LogP contribution is -2.19. The van der Waals surface area contributed by atoms with E-state index >= 15 is 0 Å². The van der Waals surface area contributed by atoms with Crippen molar-refractivity contribution in [3.8, 4) is 6.07 Å². The van der Waals surface area contributed by atoms with Crippen LogP contribution in [0.5, 0.6) is 0 Å². The standard InChI is InChI=1S/C19H21N3/c1-14-4-3-5-15(2)18(14)19(22-11-10-21-13-22)17-8-6-16(12-20)7-9-17/h6-11,13-15H,3-5H2,1-2H3. The Morgan fingerprint density at radius 1 is 1.18 bits per heavy atom. The number of imidazole rings is 1. The van der Waals surface area contributed by atoms with Crippen LogP contribution in [0.3, 0.4) is 0 Å². The summed E-state index contributed by atoms with van der Waals surface area (Å²) in [5.41, 5.74) is 4.60. The molecule has 3 rings (SSSR count). The number of hydrogen-bond donors (Lipinski definition) is 0. The summed E-state index contributed by atoms with van der Waals surface area (Å²) in [6, 6.07) is 10.1. The maximum atomic E-state index is 9.01. The molecular weight excluding hydrogens is 270 g/mol. The third-order valence-electron chi connectivity index (χ3n) is 4.66. The molecule has 0 radical (unpaired) electrons. The highest BCUT2D eigenvalue weighted by Gasteiger charge is 2.26. The predicted molar refractivity (Wildman–Crippen MR) is 87.9 cm³/mol. The number of benzene rings is 1. The zero-order valence-electron chi connectivity index (χ0n) is 13.2. The van der Waals surface area contributed by atoms with Gasteiger partial charge in [0.25, 0.3) is 0 Å². The Hall–Kier alpha value is -2.34. The maximum Gasteiger partial charge on any atom is 0.0991 e. The predicted octanol–water partition coefficient (Wildman–Crippen LogP) is 4.47. The van der Waals surface area contributed by atoms with Crippen molar-refractivity contribution in [2.75, 3.05) is 0 Å². The maximum absolute atomic E-state index is 9.01. The number of allylic oxidation sites excluding steroid dienone is 1. The van der Waals surface area contributed by atoms with Crippen molar-refractivity contribution in [1.29, 1.82) is 5.26 Å². The first-order valence-electron chi connectivity index (χ1n) is 7.93. The lowest BCUT2D eigenvalue weighted by Gasteiger charge is -2.31. The summed E-state index contributed by atoms with van der Waals surface area (Å²) < 4.78 is 2.12. The first kappa shape index (κ1) is 14.6. The fourth-order valence-electron chi connectivity index (χ4n) is 3.55. The number of nitrogens with zero attached hydrogens (tertiary/aromatic N) is 3. The van der Waals surface area contributed by atoms with Crippen molar-refractivity contribution < 1.29 is 0 Å². The molecule has 1 heterocycles. The van der Waals surface area contributed by atoms with Crippen molar-refractivity contribution in [3.63, 3.8) is 0 Å². The lowest BCUT2D eigenvalue weighted by molar-refractivity contribution is 0.404. The number of rotatable bonds is 2. The number of aromatic nitrogens is 2. The van der Waals surface area contributed by atoms with E-state index < -0.39 is 0 Å². The van der Waals surface area contributed by atoms with Gasteiger partial charge < -0.3 is 4.57 Å². The summed E-state index contributed by atoms with van der Waals surface area (Å²) in [6.45, 7) is 4.65. The molecule has 112 valence electrons. The van der Waals surface area contributed by atoms with Crippen molar-refractivity contribution >= 4 is 5.70 Å². The molecule has 0 aliphatic heterocycles. The van der Waals surface area contributed by atoms with Crippen molar-refractivity contribution in [2.45, 2.75) is 33.1 Å². The van der Waals surface area contributed by atoms with E-state index in [0.717, 1.165) is 5.56 Å². The van der Waals surface area contributed by atoms with Gasteiger partial charge >= 0.3 is 0 Å². The molecule has 0 spiro atoms. The van der Waals surface area contributed by atoms with E-state index in [2.05, 4.69) is 41.6 Å². The van der Waals surface area contributed by atoms with Gasteiger partial charge in [0, 0.05) is 12.4 Å². The Bertz CT molecular complexity index is 690. The van der Waals surface area contributed by atoms with Gasteiger partial charge in [0.15, 0.2) is 0 Å². The average Bonchev–Trinajstić information content (AvgIpc) is 3.05. The summed E-state index contributed by atoms with van der Waals surface area (Å²) >= 11 is 0. The molecule has 2 atom stereocenters. The lowest BCUT2D eigenvalue weighted by atomic mass is 9.76. The smallest absolute Gasteiger partial charge is 0.0991 e. The molecule has 2 unspecified atom stereocenters. The molecule has 3 heteroatoms. The third-order valence-corrected chi connectivity index (χ3v) is 4.66. The Kier molecular flexibility index (Phi) is 4.11.